The first-order valence-electron chi connectivity index (χ1n) is 13.7. The summed E-state index contributed by atoms with van der Waals surface area (Å²) >= 11 is 0. The summed E-state index contributed by atoms with van der Waals surface area (Å²) in [5.41, 5.74) is 1.48. The first-order valence-corrected chi connectivity index (χ1v) is 13.7. The highest BCUT2D eigenvalue weighted by atomic mass is 16.6. The van der Waals surface area contributed by atoms with E-state index in [1.807, 2.05) is 54.6 Å². The molecule has 0 radical (unpaired) electrons. The van der Waals surface area contributed by atoms with Crippen LogP contribution in [0.1, 0.15) is 82.8 Å². The van der Waals surface area contributed by atoms with Crippen molar-refractivity contribution in [2.45, 2.75) is 76.9 Å². The topological polar surface area (TPSA) is 121 Å². The number of fused-ring (bicyclic) bond motifs is 1. The number of likely N-dealkylation sites (tertiary alicyclic amines) is 2. The van der Waals surface area contributed by atoms with Gasteiger partial charge in [0.05, 0.1) is 6.04 Å². The first kappa shape index (κ1) is 24.7. The summed E-state index contributed by atoms with van der Waals surface area (Å²) < 4.78 is 7.33. The molecule has 1 atom stereocenters. The van der Waals surface area contributed by atoms with Crippen LogP contribution in [-0.2, 0) is 9.53 Å². The van der Waals surface area contributed by atoms with Crippen LogP contribution < -0.4 is 5.32 Å². The molecule has 202 valence electrons. The third kappa shape index (κ3) is 5.06. The lowest BCUT2D eigenvalue weighted by Gasteiger charge is -2.35. The Kier molecular flexibility index (Phi) is 6.23. The second-order valence-electron chi connectivity index (χ2n) is 11.7. The maximum atomic E-state index is 13.7. The number of carbonyl (C=O) groups is 2. The Hall–Kier alpha value is -3.63. The standard InChI is InChI=1S/C27H36N8O3/c1-27(2,3)38-26(37)33-14-10-18(11-15-33)25(36)34-12-4-6-20(34)24-29-23(21-7-5-13-35(21)32-24)28-22-16-19(30-31-22)17-8-9-17/h5,7,13,16-18,20H,4,6,8-12,14-15H2,1-3H3,(H2,28,29,30,31,32)/t20-/m1/s1. The zero-order chi connectivity index (χ0) is 26.4. The molecular formula is C27H36N8O3. The number of rotatable bonds is 5. The molecule has 6 rings (SSSR count). The smallest absolute Gasteiger partial charge is 0.410 e. The molecule has 0 aromatic carbocycles. The van der Waals surface area contributed by atoms with E-state index < -0.39 is 5.60 Å². The van der Waals surface area contributed by atoms with Gasteiger partial charge in [-0.25, -0.2) is 14.3 Å². The lowest BCUT2D eigenvalue weighted by molar-refractivity contribution is -0.138. The fraction of sp³-hybridized carbons (Fsp3) is 0.593. The Morgan fingerprint density at radius 1 is 1.11 bits per heavy atom. The van der Waals surface area contributed by atoms with Crippen LogP contribution in [0.4, 0.5) is 16.4 Å². The average molecular weight is 521 g/mol. The van der Waals surface area contributed by atoms with E-state index in [0.717, 1.165) is 29.9 Å². The number of aromatic amines is 1. The highest BCUT2D eigenvalue weighted by Gasteiger charge is 2.38. The summed E-state index contributed by atoms with van der Waals surface area (Å²) in [6.07, 6.45) is 7.00. The second-order valence-corrected chi connectivity index (χ2v) is 11.7. The van der Waals surface area contributed by atoms with Crippen molar-refractivity contribution in [2.75, 3.05) is 25.0 Å². The molecule has 11 nitrogen and oxygen atoms in total. The van der Waals surface area contributed by atoms with E-state index in [4.69, 9.17) is 14.8 Å². The van der Waals surface area contributed by atoms with Crippen molar-refractivity contribution in [2.24, 2.45) is 5.92 Å². The maximum Gasteiger partial charge on any atom is 0.410 e. The number of piperidine rings is 1. The van der Waals surface area contributed by atoms with E-state index in [1.165, 1.54) is 12.8 Å². The largest absolute Gasteiger partial charge is 0.444 e. The van der Waals surface area contributed by atoms with Crippen LogP contribution in [0, 0.1) is 5.92 Å². The Bertz CT molecular complexity index is 1330. The SMILES string of the molecule is CC(C)(C)OC(=O)N1CCC(C(=O)N2CCC[C@@H]2c2nc(Nc3cc(C4CC4)[nH]n3)c3cccn3n2)CC1. The number of nitrogens with zero attached hydrogens (tertiary/aromatic N) is 6. The minimum Gasteiger partial charge on any atom is -0.444 e. The monoisotopic (exact) mass is 520 g/mol. The maximum absolute atomic E-state index is 13.7. The average Bonchev–Trinajstić information content (AvgIpc) is 3.24. The van der Waals surface area contributed by atoms with Crippen LogP contribution in [0.2, 0.25) is 0 Å². The number of hydrogen-bond acceptors (Lipinski definition) is 7. The number of carbonyl (C=O) groups excluding carboxylic acids is 2. The quantitative estimate of drug-likeness (QED) is 0.512. The van der Waals surface area contributed by atoms with Gasteiger partial charge in [0, 0.05) is 49.4 Å². The molecule has 3 aromatic heterocycles. The van der Waals surface area contributed by atoms with E-state index in [1.54, 1.807) is 4.90 Å². The summed E-state index contributed by atoms with van der Waals surface area (Å²) in [5.74, 6) is 2.64. The number of ether oxygens (including phenoxy) is 1. The van der Waals surface area contributed by atoms with Gasteiger partial charge in [-0.05, 0) is 71.4 Å². The molecule has 5 heterocycles. The minimum absolute atomic E-state index is 0.118. The Morgan fingerprint density at radius 2 is 1.89 bits per heavy atom. The Labute approximate surface area is 221 Å². The molecule has 11 heteroatoms. The molecule has 0 bridgehead atoms. The van der Waals surface area contributed by atoms with Crippen LogP contribution in [0.3, 0.4) is 0 Å². The third-order valence-corrected chi connectivity index (χ3v) is 7.60. The Morgan fingerprint density at radius 3 is 2.63 bits per heavy atom. The number of nitrogens with one attached hydrogen (secondary N) is 2. The molecule has 1 saturated carbocycles. The van der Waals surface area contributed by atoms with Gasteiger partial charge in [-0.2, -0.15) is 10.2 Å². The summed E-state index contributed by atoms with van der Waals surface area (Å²) in [6.45, 7) is 7.33. The van der Waals surface area contributed by atoms with Gasteiger partial charge < -0.3 is 19.9 Å². The van der Waals surface area contributed by atoms with Crippen LogP contribution in [-0.4, -0.2) is 71.8 Å². The predicted molar refractivity (Wildman–Crippen MR) is 141 cm³/mol. The van der Waals surface area contributed by atoms with Crippen LogP contribution in [0.5, 0.6) is 0 Å². The molecule has 1 aliphatic carbocycles. The predicted octanol–water partition coefficient (Wildman–Crippen LogP) is 4.38. The molecule has 2 N–H and O–H groups in total. The van der Waals surface area contributed by atoms with E-state index in [-0.39, 0.29) is 24.0 Å². The molecule has 3 fully saturated rings. The van der Waals surface area contributed by atoms with Gasteiger partial charge in [-0.3, -0.25) is 9.89 Å². The lowest BCUT2D eigenvalue weighted by atomic mass is 9.95. The van der Waals surface area contributed by atoms with E-state index in [9.17, 15) is 9.59 Å². The number of amides is 2. The van der Waals surface area contributed by atoms with Gasteiger partial charge in [0.2, 0.25) is 5.91 Å². The second kappa shape index (κ2) is 9.59. The van der Waals surface area contributed by atoms with Crippen molar-refractivity contribution in [1.29, 1.82) is 0 Å². The van der Waals surface area contributed by atoms with E-state index in [0.29, 0.717) is 50.0 Å². The van der Waals surface area contributed by atoms with E-state index in [2.05, 4.69) is 15.5 Å². The molecular weight excluding hydrogens is 484 g/mol. The lowest BCUT2D eigenvalue weighted by Crippen LogP contribution is -2.45. The minimum atomic E-state index is -0.530. The van der Waals surface area contributed by atoms with Crippen LogP contribution in [0.25, 0.3) is 5.52 Å². The van der Waals surface area contributed by atoms with Crippen molar-refractivity contribution in [3.05, 3.63) is 35.9 Å². The zero-order valence-electron chi connectivity index (χ0n) is 22.3. The van der Waals surface area contributed by atoms with Gasteiger partial charge in [-0.1, -0.05) is 0 Å². The number of H-pyrrole nitrogens is 1. The van der Waals surface area contributed by atoms with Gasteiger partial charge in [0.15, 0.2) is 17.5 Å². The number of anilines is 2. The van der Waals surface area contributed by atoms with Crippen molar-refractivity contribution >= 4 is 29.2 Å². The fourth-order valence-corrected chi connectivity index (χ4v) is 5.48. The van der Waals surface area contributed by atoms with Gasteiger partial charge in [-0.15, -0.1) is 0 Å². The summed E-state index contributed by atoms with van der Waals surface area (Å²) in [7, 11) is 0. The third-order valence-electron chi connectivity index (χ3n) is 7.60. The molecule has 0 spiro atoms. The Balaban J connectivity index is 1.17. The first-order chi connectivity index (χ1) is 18.2. The molecule has 3 aliphatic rings. The van der Waals surface area contributed by atoms with Crippen molar-refractivity contribution < 1.29 is 14.3 Å². The van der Waals surface area contributed by atoms with Crippen molar-refractivity contribution in [1.82, 2.24) is 34.6 Å². The highest BCUT2D eigenvalue weighted by molar-refractivity contribution is 5.80. The molecule has 2 saturated heterocycles. The molecule has 2 amide bonds. The van der Waals surface area contributed by atoms with Gasteiger partial charge >= 0.3 is 6.09 Å². The molecule has 2 aliphatic heterocycles. The molecule has 0 unspecified atom stereocenters. The summed E-state index contributed by atoms with van der Waals surface area (Å²) in [5, 5.41) is 15.7. The van der Waals surface area contributed by atoms with Gasteiger partial charge in [0.25, 0.3) is 0 Å². The van der Waals surface area contributed by atoms with Crippen LogP contribution >= 0.6 is 0 Å². The number of aromatic nitrogens is 5. The zero-order valence-corrected chi connectivity index (χ0v) is 22.3. The van der Waals surface area contributed by atoms with Crippen LogP contribution in [0.15, 0.2) is 24.4 Å². The molecule has 38 heavy (non-hydrogen) atoms. The summed E-state index contributed by atoms with van der Waals surface area (Å²) in [4.78, 5) is 34.7. The molecule has 3 aromatic rings. The fourth-order valence-electron chi connectivity index (χ4n) is 5.48. The highest BCUT2D eigenvalue weighted by Crippen LogP contribution is 2.40. The van der Waals surface area contributed by atoms with Crippen molar-refractivity contribution in [3.63, 3.8) is 0 Å². The van der Waals surface area contributed by atoms with Gasteiger partial charge in [0.1, 0.15) is 11.1 Å². The van der Waals surface area contributed by atoms with Crippen molar-refractivity contribution in [3.8, 4) is 0 Å². The normalized spacial score (nSPS) is 20.8. The number of hydrogen-bond donors (Lipinski definition) is 2. The summed E-state index contributed by atoms with van der Waals surface area (Å²) in [6, 6.07) is 5.78. The van der Waals surface area contributed by atoms with E-state index >= 15 is 0 Å².